The molecular formula is C23H21ClN2O5. The summed E-state index contributed by atoms with van der Waals surface area (Å²) in [7, 11) is 1.31. The molecule has 8 heteroatoms. The Morgan fingerprint density at radius 1 is 1.23 bits per heavy atom. The van der Waals surface area contributed by atoms with Crippen LogP contribution in [0.4, 0.5) is 5.69 Å². The molecule has 31 heavy (non-hydrogen) atoms. The number of carbonyl (C=O) groups excluding carboxylic acids is 2. The van der Waals surface area contributed by atoms with E-state index >= 15 is 0 Å². The van der Waals surface area contributed by atoms with Gasteiger partial charge in [0.25, 0.3) is 5.91 Å². The molecule has 0 spiro atoms. The number of halogens is 1. The Bertz CT molecular complexity index is 1200. The Kier molecular flexibility index (Phi) is 6.34. The van der Waals surface area contributed by atoms with Crippen molar-refractivity contribution in [2.24, 2.45) is 4.99 Å². The molecule has 2 aromatic carbocycles. The Morgan fingerprint density at radius 2 is 2.10 bits per heavy atom. The molecule has 160 valence electrons. The Morgan fingerprint density at radius 3 is 2.87 bits per heavy atom. The van der Waals surface area contributed by atoms with E-state index in [4.69, 9.17) is 25.5 Å². The number of nitrogens with zero attached hydrogens (tertiary/aromatic N) is 1. The lowest BCUT2D eigenvalue weighted by Crippen LogP contribution is -2.34. The average molecular weight is 441 g/mol. The predicted octanol–water partition coefficient (Wildman–Crippen LogP) is 4.01. The van der Waals surface area contributed by atoms with Gasteiger partial charge in [-0.05, 0) is 55.3 Å². The quantitative estimate of drug-likeness (QED) is 0.605. The first-order chi connectivity index (χ1) is 15.0. The van der Waals surface area contributed by atoms with Crippen molar-refractivity contribution in [3.05, 3.63) is 70.2 Å². The number of esters is 1. The molecule has 1 amide bonds. The molecule has 0 bridgehead atoms. The Hall–Kier alpha value is -3.16. The van der Waals surface area contributed by atoms with E-state index < -0.39 is 5.97 Å². The average Bonchev–Trinajstić information content (AvgIpc) is 3.30. The molecule has 1 atom stereocenters. The number of benzene rings is 2. The summed E-state index contributed by atoms with van der Waals surface area (Å²) in [6.07, 6.45) is 1.91. The predicted molar refractivity (Wildman–Crippen MR) is 116 cm³/mol. The van der Waals surface area contributed by atoms with Crippen LogP contribution in [-0.4, -0.2) is 38.2 Å². The summed E-state index contributed by atoms with van der Waals surface area (Å²) in [6, 6.07) is 13.4. The van der Waals surface area contributed by atoms with Gasteiger partial charge in [0.15, 0.2) is 0 Å². The first-order valence-corrected chi connectivity index (χ1v) is 10.3. The number of fused-ring (bicyclic) bond motifs is 1. The van der Waals surface area contributed by atoms with Crippen LogP contribution < -0.4 is 10.9 Å². The standard InChI is InChI=1S/C23H21ClN2O5/c1-29-23(28)14-4-2-5-17(11-14)26-22-19(21(27)25-13-18-6-3-9-30-18)12-15-10-16(24)7-8-20(15)31-22/h2,4-5,7-8,10-12,18H,3,6,9,13H2,1H3,(H,25,27)/t18-/m1/s1. The summed E-state index contributed by atoms with van der Waals surface area (Å²) in [5, 5.41) is 4.10. The van der Waals surface area contributed by atoms with Crippen LogP contribution in [0.5, 0.6) is 0 Å². The molecule has 4 rings (SSSR count). The fraction of sp³-hybridized carbons (Fsp3) is 0.261. The van der Waals surface area contributed by atoms with E-state index in [0.29, 0.717) is 40.4 Å². The highest BCUT2D eigenvalue weighted by molar-refractivity contribution is 6.31. The molecule has 1 aliphatic heterocycles. The van der Waals surface area contributed by atoms with Crippen molar-refractivity contribution in [2.75, 3.05) is 20.3 Å². The molecule has 0 saturated carbocycles. The smallest absolute Gasteiger partial charge is 0.337 e. The van der Waals surface area contributed by atoms with E-state index in [2.05, 4.69) is 10.3 Å². The van der Waals surface area contributed by atoms with Crippen LogP contribution in [0.25, 0.3) is 11.0 Å². The van der Waals surface area contributed by atoms with Crippen molar-refractivity contribution in [3.63, 3.8) is 0 Å². The number of methoxy groups -OCH3 is 1. The van der Waals surface area contributed by atoms with Gasteiger partial charge in [-0.2, -0.15) is 0 Å². The lowest BCUT2D eigenvalue weighted by molar-refractivity contribution is 0.0600. The summed E-state index contributed by atoms with van der Waals surface area (Å²) < 4.78 is 16.3. The highest BCUT2D eigenvalue weighted by Crippen LogP contribution is 2.20. The van der Waals surface area contributed by atoms with Crippen LogP contribution in [0.2, 0.25) is 5.02 Å². The molecule has 1 fully saturated rings. The van der Waals surface area contributed by atoms with Crippen LogP contribution in [-0.2, 0) is 9.47 Å². The molecule has 7 nitrogen and oxygen atoms in total. The summed E-state index contributed by atoms with van der Waals surface area (Å²) in [5.74, 6) is -0.805. The van der Waals surface area contributed by atoms with Gasteiger partial charge in [-0.3, -0.25) is 4.79 Å². The molecule has 1 N–H and O–H groups in total. The van der Waals surface area contributed by atoms with Crippen molar-refractivity contribution in [1.82, 2.24) is 5.32 Å². The van der Waals surface area contributed by atoms with E-state index in [1.807, 2.05) is 0 Å². The highest BCUT2D eigenvalue weighted by Gasteiger charge is 2.19. The zero-order chi connectivity index (χ0) is 21.8. The van der Waals surface area contributed by atoms with Gasteiger partial charge in [-0.15, -0.1) is 0 Å². The lowest BCUT2D eigenvalue weighted by Gasteiger charge is -2.11. The molecule has 1 aromatic heterocycles. The third kappa shape index (κ3) is 4.95. The van der Waals surface area contributed by atoms with E-state index in [9.17, 15) is 9.59 Å². The van der Waals surface area contributed by atoms with Crippen LogP contribution in [0.15, 0.2) is 57.9 Å². The minimum absolute atomic E-state index is 0.00733. The third-order valence-electron chi connectivity index (χ3n) is 4.97. The van der Waals surface area contributed by atoms with Crippen molar-refractivity contribution in [1.29, 1.82) is 0 Å². The number of ether oxygens (including phenoxy) is 2. The summed E-state index contributed by atoms with van der Waals surface area (Å²) in [4.78, 5) is 29.3. The topological polar surface area (TPSA) is 90.1 Å². The molecule has 3 aromatic rings. The molecule has 2 heterocycles. The zero-order valence-corrected chi connectivity index (χ0v) is 17.6. The van der Waals surface area contributed by atoms with Gasteiger partial charge < -0.3 is 19.2 Å². The van der Waals surface area contributed by atoms with Crippen molar-refractivity contribution < 1.29 is 23.5 Å². The molecular weight excluding hydrogens is 420 g/mol. The fourth-order valence-corrected chi connectivity index (χ4v) is 3.57. The normalized spacial score (nSPS) is 16.5. The zero-order valence-electron chi connectivity index (χ0n) is 16.9. The van der Waals surface area contributed by atoms with Crippen LogP contribution >= 0.6 is 11.6 Å². The fourth-order valence-electron chi connectivity index (χ4n) is 3.39. The van der Waals surface area contributed by atoms with Gasteiger partial charge >= 0.3 is 5.97 Å². The van der Waals surface area contributed by atoms with Crippen LogP contribution in [0, 0.1) is 0 Å². The molecule has 0 aliphatic carbocycles. The largest absolute Gasteiger partial charge is 0.465 e. The molecule has 0 unspecified atom stereocenters. The monoisotopic (exact) mass is 440 g/mol. The number of nitrogens with one attached hydrogen (secondary N) is 1. The van der Waals surface area contributed by atoms with Crippen LogP contribution in [0.3, 0.4) is 0 Å². The van der Waals surface area contributed by atoms with E-state index in [1.165, 1.54) is 7.11 Å². The lowest BCUT2D eigenvalue weighted by atomic mass is 10.1. The second-order valence-corrected chi connectivity index (χ2v) is 7.58. The van der Waals surface area contributed by atoms with E-state index in [-0.39, 0.29) is 23.1 Å². The minimum atomic E-state index is -0.475. The number of amides is 1. The van der Waals surface area contributed by atoms with Crippen LogP contribution in [0.1, 0.15) is 33.6 Å². The first kappa shape index (κ1) is 21.1. The van der Waals surface area contributed by atoms with Gasteiger partial charge in [-0.25, -0.2) is 9.79 Å². The van der Waals surface area contributed by atoms with Gasteiger partial charge in [0.05, 0.1) is 24.5 Å². The number of hydrogen-bond acceptors (Lipinski definition) is 6. The van der Waals surface area contributed by atoms with Gasteiger partial charge in [-0.1, -0.05) is 17.7 Å². The maximum atomic E-state index is 13.0. The maximum absolute atomic E-state index is 13.0. The molecule has 0 radical (unpaired) electrons. The second kappa shape index (κ2) is 9.32. The van der Waals surface area contributed by atoms with Crippen molar-refractivity contribution in [3.8, 4) is 0 Å². The number of carbonyl (C=O) groups is 2. The Balaban J connectivity index is 1.76. The number of rotatable bonds is 5. The second-order valence-electron chi connectivity index (χ2n) is 7.15. The molecule has 1 saturated heterocycles. The number of hydrogen-bond donors (Lipinski definition) is 1. The summed E-state index contributed by atoms with van der Waals surface area (Å²) in [5.41, 5.74) is 1.72. The highest BCUT2D eigenvalue weighted by atomic mass is 35.5. The summed E-state index contributed by atoms with van der Waals surface area (Å²) >= 11 is 6.10. The van der Waals surface area contributed by atoms with Crippen molar-refractivity contribution in [2.45, 2.75) is 18.9 Å². The van der Waals surface area contributed by atoms with E-state index in [0.717, 1.165) is 12.8 Å². The van der Waals surface area contributed by atoms with Crippen molar-refractivity contribution >= 4 is 40.1 Å². The van der Waals surface area contributed by atoms with E-state index in [1.54, 1.807) is 48.5 Å². The third-order valence-corrected chi connectivity index (χ3v) is 5.20. The minimum Gasteiger partial charge on any atom is -0.465 e. The Labute approximate surface area is 183 Å². The summed E-state index contributed by atoms with van der Waals surface area (Å²) in [6.45, 7) is 1.12. The first-order valence-electron chi connectivity index (χ1n) is 9.90. The van der Waals surface area contributed by atoms with Gasteiger partial charge in [0.1, 0.15) is 11.1 Å². The van der Waals surface area contributed by atoms with Gasteiger partial charge in [0, 0.05) is 23.6 Å². The SMILES string of the molecule is COC(=O)c1cccc(N=c2oc3ccc(Cl)cc3cc2C(=O)NC[C@H]2CCCO2)c1. The maximum Gasteiger partial charge on any atom is 0.337 e. The van der Waals surface area contributed by atoms with Gasteiger partial charge in [0.2, 0.25) is 5.55 Å². The molecule has 1 aliphatic rings.